The lowest BCUT2D eigenvalue weighted by atomic mass is 9.74. The summed E-state index contributed by atoms with van der Waals surface area (Å²) in [5.74, 6) is 0.191. The van der Waals surface area contributed by atoms with Gasteiger partial charge in [0.15, 0.2) is 0 Å². The van der Waals surface area contributed by atoms with Crippen molar-refractivity contribution in [2.75, 3.05) is 13.2 Å². The number of carbonyl (C=O) groups is 2. The zero-order valence-corrected chi connectivity index (χ0v) is 20.1. The monoisotopic (exact) mass is 463 g/mol. The van der Waals surface area contributed by atoms with Crippen LogP contribution in [0.1, 0.15) is 61.3 Å². The second-order valence-corrected chi connectivity index (χ2v) is 9.84. The normalized spacial score (nSPS) is 11.6. The van der Waals surface area contributed by atoms with Crippen molar-refractivity contribution in [1.29, 1.82) is 0 Å². The van der Waals surface area contributed by atoms with Gasteiger partial charge in [0, 0.05) is 27.6 Å². The van der Waals surface area contributed by atoms with Crippen LogP contribution in [0.2, 0.25) is 10.0 Å². The molecule has 0 atom stereocenters. The molecule has 0 bridgehead atoms. The molecule has 168 valence electrons. The maximum Gasteiger partial charge on any atom is 0.338 e. The molecule has 0 aliphatic heterocycles. The molecule has 1 N–H and O–H groups in total. The van der Waals surface area contributed by atoms with Crippen LogP contribution in [0.25, 0.3) is 0 Å². The zero-order chi connectivity index (χ0) is 23.0. The second kappa shape index (κ2) is 11.5. The zero-order valence-electron chi connectivity index (χ0n) is 18.6. The molecular weight excluding hydrogens is 433 g/mol. The topological polar surface area (TPSA) is 55.4 Å². The highest BCUT2D eigenvalue weighted by molar-refractivity contribution is 6.31. The van der Waals surface area contributed by atoms with Crippen molar-refractivity contribution in [1.82, 2.24) is 5.32 Å². The summed E-state index contributed by atoms with van der Waals surface area (Å²) in [5, 5.41) is 4.20. The van der Waals surface area contributed by atoms with Gasteiger partial charge in [-0.3, -0.25) is 4.79 Å². The van der Waals surface area contributed by atoms with Gasteiger partial charge >= 0.3 is 5.97 Å². The molecule has 4 nitrogen and oxygen atoms in total. The fraction of sp³-hybridized carbons (Fsp3) is 0.440. The number of hydrogen-bond acceptors (Lipinski definition) is 3. The lowest BCUT2D eigenvalue weighted by molar-refractivity contribution is 0.0162. The standard InChI is InChI=1S/C25H31Cl2NO3/c1-17(2)13-25(14-18(3)4,15-28-23(29)19-5-9-21(26)10-6-19)16-31-24(30)20-7-11-22(27)12-8-20/h5-12,17-18H,13-16H2,1-4H3,(H,28,29). The minimum atomic E-state index is -0.391. The minimum Gasteiger partial charge on any atom is -0.461 e. The number of halogens is 2. The van der Waals surface area contributed by atoms with E-state index in [0.29, 0.717) is 39.6 Å². The third-order valence-electron chi connectivity index (χ3n) is 5.00. The van der Waals surface area contributed by atoms with E-state index in [-0.39, 0.29) is 17.9 Å². The molecule has 0 saturated carbocycles. The van der Waals surface area contributed by atoms with Crippen LogP contribution in [0.15, 0.2) is 48.5 Å². The number of carbonyl (C=O) groups excluding carboxylic acids is 2. The van der Waals surface area contributed by atoms with Crippen LogP contribution in [0.4, 0.5) is 0 Å². The average Bonchev–Trinajstić information content (AvgIpc) is 2.70. The van der Waals surface area contributed by atoms with E-state index in [4.69, 9.17) is 27.9 Å². The Morgan fingerprint density at radius 1 is 0.839 bits per heavy atom. The van der Waals surface area contributed by atoms with Crippen molar-refractivity contribution >= 4 is 35.1 Å². The molecule has 1 amide bonds. The van der Waals surface area contributed by atoms with Crippen LogP contribution < -0.4 is 5.32 Å². The van der Waals surface area contributed by atoms with E-state index in [0.717, 1.165) is 12.8 Å². The van der Waals surface area contributed by atoms with Gasteiger partial charge in [0.25, 0.3) is 5.91 Å². The second-order valence-electron chi connectivity index (χ2n) is 8.97. The van der Waals surface area contributed by atoms with Crippen molar-refractivity contribution in [3.05, 3.63) is 69.7 Å². The number of hydrogen-bond donors (Lipinski definition) is 1. The minimum absolute atomic E-state index is 0.169. The molecule has 0 aliphatic carbocycles. The van der Waals surface area contributed by atoms with Gasteiger partial charge in [0.05, 0.1) is 12.2 Å². The summed E-state index contributed by atoms with van der Waals surface area (Å²) in [6.07, 6.45) is 1.64. The van der Waals surface area contributed by atoms with Gasteiger partial charge in [-0.15, -0.1) is 0 Å². The third-order valence-corrected chi connectivity index (χ3v) is 5.51. The molecule has 0 unspecified atom stereocenters. The molecule has 0 spiro atoms. The highest BCUT2D eigenvalue weighted by atomic mass is 35.5. The fourth-order valence-corrected chi connectivity index (χ4v) is 4.24. The van der Waals surface area contributed by atoms with Gasteiger partial charge < -0.3 is 10.1 Å². The maximum absolute atomic E-state index is 12.7. The lowest BCUT2D eigenvalue weighted by Gasteiger charge is -2.36. The molecule has 0 heterocycles. The van der Waals surface area contributed by atoms with Crippen LogP contribution in [-0.4, -0.2) is 25.0 Å². The Balaban J connectivity index is 2.16. The van der Waals surface area contributed by atoms with Gasteiger partial charge in [-0.05, 0) is 73.2 Å². The van der Waals surface area contributed by atoms with E-state index < -0.39 is 5.97 Å². The first-order chi connectivity index (χ1) is 14.6. The molecule has 0 saturated heterocycles. The van der Waals surface area contributed by atoms with E-state index >= 15 is 0 Å². The van der Waals surface area contributed by atoms with Crippen molar-refractivity contribution in [2.45, 2.75) is 40.5 Å². The molecule has 31 heavy (non-hydrogen) atoms. The lowest BCUT2D eigenvalue weighted by Crippen LogP contribution is -2.43. The van der Waals surface area contributed by atoms with Crippen molar-refractivity contribution < 1.29 is 14.3 Å². The molecule has 0 aromatic heterocycles. The van der Waals surface area contributed by atoms with E-state index in [9.17, 15) is 9.59 Å². The molecule has 2 rings (SSSR count). The molecule has 0 radical (unpaired) electrons. The Morgan fingerprint density at radius 2 is 1.29 bits per heavy atom. The van der Waals surface area contributed by atoms with Gasteiger partial charge in [-0.1, -0.05) is 50.9 Å². The van der Waals surface area contributed by atoms with E-state index in [1.54, 1.807) is 48.5 Å². The summed E-state index contributed by atoms with van der Waals surface area (Å²) in [4.78, 5) is 25.3. The number of amides is 1. The summed E-state index contributed by atoms with van der Waals surface area (Å²) in [5.41, 5.74) is 0.634. The Kier molecular flexibility index (Phi) is 9.39. The van der Waals surface area contributed by atoms with E-state index in [2.05, 4.69) is 33.0 Å². The van der Waals surface area contributed by atoms with E-state index in [1.807, 2.05) is 0 Å². The predicted octanol–water partition coefficient (Wildman–Crippen LogP) is 6.66. The SMILES string of the molecule is CC(C)CC(CNC(=O)c1ccc(Cl)cc1)(COC(=O)c1ccc(Cl)cc1)CC(C)C. The van der Waals surface area contributed by atoms with Crippen molar-refractivity contribution in [2.24, 2.45) is 17.3 Å². The quantitative estimate of drug-likeness (QED) is 0.400. The number of ether oxygens (including phenoxy) is 1. The average molecular weight is 464 g/mol. The molecule has 0 fully saturated rings. The summed E-state index contributed by atoms with van der Waals surface area (Å²) >= 11 is 11.8. The van der Waals surface area contributed by atoms with Gasteiger partial charge in [0.1, 0.15) is 0 Å². The number of rotatable bonds is 10. The molecule has 2 aromatic rings. The van der Waals surface area contributed by atoms with Gasteiger partial charge in [-0.25, -0.2) is 4.79 Å². The van der Waals surface area contributed by atoms with Gasteiger partial charge in [0.2, 0.25) is 0 Å². The van der Waals surface area contributed by atoms with Crippen LogP contribution in [0, 0.1) is 17.3 Å². The van der Waals surface area contributed by atoms with Crippen molar-refractivity contribution in [3.63, 3.8) is 0 Å². The molecule has 6 heteroatoms. The van der Waals surface area contributed by atoms with Crippen molar-refractivity contribution in [3.8, 4) is 0 Å². The predicted molar refractivity (Wildman–Crippen MR) is 127 cm³/mol. The maximum atomic E-state index is 12.7. The first-order valence-electron chi connectivity index (χ1n) is 10.6. The summed E-state index contributed by atoms with van der Waals surface area (Å²) in [7, 11) is 0. The fourth-order valence-electron chi connectivity index (χ4n) is 3.99. The Morgan fingerprint density at radius 3 is 1.74 bits per heavy atom. The molecular formula is C25H31Cl2NO3. The third kappa shape index (κ3) is 8.19. The van der Waals surface area contributed by atoms with E-state index in [1.165, 1.54) is 0 Å². The van der Waals surface area contributed by atoms with Crippen LogP contribution >= 0.6 is 23.2 Å². The largest absolute Gasteiger partial charge is 0.461 e. The summed E-state index contributed by atoms with van der Waals surface area (Å²) < 4.78 is 5.74. The number of benzene rings is 2. The van der Waals surface area contributed by atoms with Crippen LogP contribution in [0.3, 0.4) is 0 Å². The summed E-state index contributed by atoms with van der Waals surface area (Å²) in [6.45, 7) is 9.19. The first kappa shape index (κ1) is 25.2. The van der Waals surface area contributed by atoms with Crippen LogP contribution in [0.5, 0.6) is 0 Å². The summed E-state index contributed by atoms with van der Waals surface area (Å²) in [6, 6.07) is 13.4. The Bertz CT molecular complexity index is 788. The Labute approximate surface area is 195 Å². The number of esters is 1. The molecule has 2 aromatic carbocycles. The number of nitrogens with one attached hydrogen (secondary N) is 1. The molecule has 0 aliphatic rings. The highest BCUT2D eigenvalue weighted by Crippen LogP contribution is 2.34. The first-order valence-corrected chi connectivity index (χ1v) is 11.3. The smallest absolute Gasteiger partial charge is 0.338 e. The van der Waals surface area contributed by atoms with Crippen LogP contribution in [-0.2, 0) is 4.74 Å². The van der Waals surface area contributed by atoms with Gasteiger partial charge in [-0.2, -0.15) is 0 Å². The Hall–Kier alpha value is -2.04. The highest BCUT2D eigenvalue weighted by Gasteiger charge is 2.34.